The van der Waals surface area contributed by atoms with E-state index in [2.05, 4.69) is 25.4 Å². The van der Waals surface area contributed by atoms with Crippen LogP contribution in [0.1, 0.15) is 66.6 Å². The molecule has 1 fully saturated rings. The lowest BCUT2D eigenvalue weighted by Crippen LogP contribution is -2.17. The molecule has 1 N–H and O–H groups in total. The summed E-state index contributed by atoms with van der Waals surface area (Å²) in [6.45, 7) is 0.430. The standard InChI is InChI=1S/C20H21F3N6O/c21-17-14(5-7-25-18(17)12-3-4-12)8-13(2-1-6-24-11-30)16-9-15(19(22)23)28-20-26-10-27-29(16)20/h5,7,9-13,19H,1-4,6,8H2,(H,24,30). The van der Waals surface area contributed by atoms with Crippen molar-refractivity contribution >= 4 is 12.2 Å². The van der Waals surface area contributed by atoms with Crippen LogP contribution in [0.2, 0.25) is 0 Å². The van der Waals surface area contributed by atoms with Crippen molar-refractivity contribution < 1.29 is 18.0 Å². The van der Waals surface area contributed by atoms with E-state index in [4.69, 9.17) is 0 Å². The van der Waals surface area contributed by atoms with Crippen LogP contribution in [0.4, 0.5) is 13.2 Å². The molecule has 0 saturated heterocycles. The first-order valence-corrected chi connectivity index (χ1v) is 9.87. The van der Waals surface area contributed by atoms with Crippen LogP contribution >= 0.6 is 0 Å². The highest BCUT2D eigenvalue weighted by atomic mass is 19.3. The summed E-state index contributed by atoms with van der Waals surface area (Å²) in [7, 11) is 0. The monoisotopic (exact) mass is 418 g/mol. The van der Waals surface area contributed by atoms with Crippen LogP contribution in [-0.4, -0.2) is 37.5 Å². The fraction of sp³-hybridized carbons (Fsp3) is 0.450. The first-order chi connectivity index (χ1) is 14.6. The van der Waals surface area contributed by atoms with Gasteiger partial charge in [-0.3, -0.25) is 9.78 Å². The lowest BCUT2D eigenvalue weighted by Gasteiger charge is -2.20. The second kappa shape index (κ2) is 8.76. The number of alkyl halides is 2. The summed E-state index contributed by atoms with van der Waals surface area (Å²) in [5.41, 5.74) is 1.06. The fourth-order valence-corrected chi connectivity index (χ4v) is 3.69. The van der Waals surface area contributed by atoms with Crippen LogP contribution in [0.3, 0.4) is 0 Å². The molecule has 158 valence electrons. The predicted octanol–water partition coefficient (Wildman–Crippen LogP) is 3.33. The van der Waals surface area contributed by atoms with Gasteiger partial charge in [0.05, 0.1) is 11.4 Å². The highest BCUT2D eigenvalue weighted by molar-refractivity contribution is 5.45. The number of rotatable bonds is 10. The third-order valence-corrected chi connectivity index (χ3v) is 5.32. The number of nitrogens with one attached hydrogen (secondary N) is 1. The van der Waals surface area contributed by atoms with E-state index in [9.17, 15) is 13.6 Å². The second-order valence-corrected chi connectivity index (χ2v) is 7.44. The molecule has 1 aliphatic rings. The fourth-order valence-electron chi connectivity index (χ4n) is 3.69. The number of halogens is 3. The van der Waals surface area contributed by atoms with Crippen LogP contribution in [-0.2, 0) is 11.2 Å². The van der Waals surface area contributed by atoms with Crippen molar-refractivity contribution in [3.05, 3.63) is 53.1 Å². The van der Waals surface area contributed by atoms with Gasteiger partial charge >= 0.3 is 0 Å². The molecule has 1 aliphatic carbocycles. The van der Waals surface area contributed by atoms with Crippen molar-refractivity contribution in [2.24, 2.45) is 0 Å². The van der Waals surface area contributed by atoms with Crippen molar-refractivity contribution in [2.45, 2.75) is 50.4 Å². The zero-order valence-electron chi connectivity index (χ0n) is 16.1. The molecule has 3 aromatic rings. The average Bonchev–Trinajstić information content (AvgIpc) is 3.47. The smallest absolute Gasteiger partial charge is 0.280 e. The molecular weight excluding hydrogens is 397 g/mol. The molecule has 0 spiro atoms. The van der Waals surface area contributed by atoms with Crippen LogP contribution in [0.15, 0.2) is 24.7 Å². The molecule has 3 aromatic heterocycles. The van der Waals surface area contributed by atoms with Crippen molar-refractivity contribution in [1.29, 1.82) is 0 Å². The van der Waals surface area contributed by atoms with E-state index < -0.39 is 12.1 Å². The maximum Gasteiger partial charge on any atom is 0.280 e. The van der Waals surface area contributed by atoms with Gasteiger partial charge in [0.15, 0.2) is 0 Å². The predicted molar refractivity (Wildman–Crippen MR) is 102 cm³/mol. The first-order valence-electron chi connectivity index (χ1n) is 9.87. The minimum atomic E-state index is -2.76. The lowest BCUT2D eigenvalue weighted by molar-refractivity contribution is -0.109. The van der Waals surface area contributed by atoms with Gasteiger partial charge in [-0.1, -0.05) is 0 Å². The van der Waals surface area contributed by atoms with E-state index in [1.54, 1.807) is 12.3 Å². The molecule has 1 saturated carbocycles. The van der Waals surface area contributed by atoms with Crippen molar-refractivity contribution in [3.63, 3.8) is 0 Å². The Bertz CT molecular complexity index is 1040. The van der Waals surface area contributed by atoms with E-state index >= 15 is 4.39 Å². The van der Waals surface area contributed by atoms with Gasteiger partial charge in [0, 0.05) is 24.6 Å². The average molecular weight is 418 g/mol. The van der Waals surface area contributed by atoms with E-state index in [0.717, 1.165) is 12.8 Å². The summed E-state index contributed by atoms with van der Waals surface area (Å²) in [5, 5.41) is 6.72. The largest absolute Gasteiger partial charge is 0.359 e. The number of nitrogens with zero attached hydrogens (tertiary/aromatic N) is 5. The normalized spacial score (nSPS) is 14.9. The molecule has 0 bridgehead atoms. The number of hydrogen-bond donors (Lipinski definition) is 1. The third-order valence-electron chi connectivity index (χ3n) is 5.32. The summed E-state index contributed by atoms with van der Waals surface area (Å²) in [5.74, 6) is -0.414. The van der Waals surface area contributed by atoms with Crippen molar-refractivity contribution in [2.75, 3.05) is 6.54 Å². The van der Waals surface area contributed by atoms with Gasteiger partial charge in [-0.2, -0.15) is 10.1 Å². The zero-order valence-corrected chi connectivity index (χ0v) is 16.1. The minimum absolute atomic E-state index is 0.0766. The molecular formula is C20H21F3N6O. The quantitative estimate of drug-likeness (QED) is 0.403. The minimum Gasteiger partial charge on any atom is -0.359 e. The second-order valence-electron chi connectivity index (χ2n) is 7.44. The van der Waals surface area contributed by atoms with Gasteiger partial charge in [-0.15, -0.1) is 0 Å². The molecule has 0 aromatic carbocycles. The Balaban J connectivity index is 1.70. The molecule has 7 nitrogen and oxygen atoms in total. The number of aromatic nitrogens is 5. The molecule has 1 amide bonds. The summed E-state index contributed by atoms with van der Waals surface area (Å²) >= 11 is 0. The Hall–Kier alpha value is -3.04. The van der Waals surface area contributed by atoms with Crippen LogP contribution < -0.4 is 5.32 Å². The number of pyridine rings is 1. The number of amides is 1. The molecule has 1 atom stereocenters. The Morgan fingerprint density at radius 2 is 2.13 bits per heavy atom. The number of carbonyl (C=O) groups excluding carboxylic acids is 1. The Kier molecular flexibility index (Phi) is 5.91. The Morgan fingerprint density at radius 1 is 1.30 bits per heavy atom. The van der Waals surface area contributed by atoms with Gasteiger partial charge in [0.25, 0.3) is 12.2 Å². The molecule has 30 heavy (non-hydrogen) atoms. The van der Waals surface area contributed by atoms with Gasteiger partial charge in [-0.05, 0) is 49.8 Å². The van der Waals surface area contributed by atoms with E-state index in [1.807, 2.05) is 0 Å². The maximum absolute atomic E-state index is 15.1. The summed E-state index contributed by atoms with van der Waals surface area (Å²) in [4.78, 5) is 22.5. The Morgan fingerprint density at radius 3 is 2.87 bits per heavy atom. The number of hydrogen-bond acceptors (Lipinski definition) is 5. The van der Waals surface area contributed by atoms with Crippen LogP contribution in [0.5, 0.6) is 0 Å². The third kappa shape index (κ3) is 4.27. The molecule has 0 aliphatic heterocycles. The van der Waals surface area contributed by atoms with Gasteiger partial charge in [-0.25, -0.2) is 22.7 Å². The van der Waals surface area contributed by atoms with Crippen molar-refractivity contribution in [1.82, 2.24) is 29.9 Å². The van der Waals surface area contributed by atoms with E-state index in [0.29, 0.717) is 42.7 Å². The molecule has 4 rings (SSSR count). The number of carbonyl (C=O) groups is 1. The summed E-state index contributed by atoms with van der Waals surface area (Å²) in [6, 6.07) is 2.94. The van der Waals surface area contributed by atoms with Crippen molar-refractivity contribution in [3.8, 4) is 0 Å². The molecule has 10 heteroatoms. The SMILES string of the molecule is O=CNCCCC(Cc1ccnc(C2CC2)c1F)c1cc(C(F)F)nc2ncnn12. The van der Waals surface area contributed by atoms with Gasteiger partial charge < -0.3 is 5.32 Å². The summed E-state index contributed by atoms with van der Waals surface area (Å²) < 4.78 is 43.3. The lowest BCUT2D eigenvalue weighted by atomic mass is 9.90. The van der Waals surface area contributed by atoms with E-state index in [-0.39, 0.29) is 29.9 Å². The summed E-state index contributed by atoms with van der Waals surface area (Å²) in [6.07, 6.45) is 3.96. The van der Waals surface area contributed by atoms with Gasteiger partial charge in [0.2, 0.25) is 6.41 Å². The highest BCUT2D eigenvalue weighted by Gasteiger charge is 2.30. The molecule has 3 heterocycles. The Labute approximate surface area is 170 Å². The number of fused-ring (bicyclic) bond motifs is 1. The maximum atomic E-state index is 15.1. The topological polar surface area (TPSA) is 85.1 Å². The zero-order chi connectivity index (χ0) is 21.1. The highest BCUT2D eigenvalue weighted by Crippen LogP contribution is 2.41. The molecule has 1 unspecified atom stereocenters. The van der Waals surface area contributed by atoms with Crippen LogP contribution in [0.25, 0.3) is 5.78 Å². The van der Waals surface area contributed by atoms with Crippen LogP contribution in [0, 0.1) is 5.82 Å². The van der Waals surface area contributed by atoms with Gasteiger partial charge in [0.1, 0.15) is 17.8 Å². The van der Waals surface area contributed by atoms with E-state index in [1.165, 1.54) is 16.9 Å². The molecule has 0 radical (unpaired) electrons. The first kappa shape index (κ1) is 20.2.